The number of aromatic carboxylic acids is 1. The predicted octanol–water partition coefficient (Wildman–Crippen LogP) is 3.02. The Morgan fingerprint density at radius 2 is 1.94 bits per heavy atom. The van der Waals surface area contributed by atoms with Crippen LogP contribution in [0.25, 0.3) is 22.9 Å². The van der Waals surface area contributed by atoms with Gasteiger partial charge in [-0.2, -0.15) is 9.78 Å². The van der Waals surface area contributed by atoms with Crippen LogP contribution in [0.15, 0.2) is 40.8 Å². The van der Waals surface area contributed by atoms with E-state index in [1.807, 2.05) is 13.0 Å². The second kappa shape index (κ2) is 8.19. The lowest BCUT2D eigenvalue weighted by atomic mass is 10.1. The summed E-state index contributed by atoms with van der Waals surface area (Å²) in [5.74, 6) is -2.37. The first kappa shape index (κ1) is 21.1. The average Bonchev–Trinajstić information content (AvgIpc) is 3.46. The van der Waals surface area contributed by atoms with Crippen LogP contribution >= 0.6 is 11.3 Å². The number of amides is 1. The maximum atomic E-state index is 12.0. The fraction of sp³-hybridized carbons (Fsp3) is 0.143. The first-order chi connectivity index (χ1) is 15.2. The minimum absolute atomic E-state index is 0.0329. The normalized spacial score (nSPS) is 10.9. The van der Waals surface area contributed by atoms with Crippen LogP contribution in [0.1, 0.15) is 48.0 Å². The van der Waals surface area contributed by atoms with Crippen LogP contribution in [-0.2, 0) is 6.54 Å². The third-order valence-electron chi connectivity index (χ3n) is 4.51. The minimum atomic E-state index is -1.29. The molecule has 32 heavy (non-hydrogen) atoms. The highest BCUT2D eigenvalue weighted by Crippen LogP contribution is 2.31. The highest BCUT2D eigenvalue weighted by molar-refractivity contribution is 7.14. The number of rotatable bonds is 7. The van der Waals surface area contributed by atoms with Crippen molar-refractivity contribution in [3.63, 3.8) is 0 Å². The molecule has 0 bridgehead atoms. The Bertz CT molecular complexity index is 1370. The van der Waals surface area contributed by atoms with Crippen LogP contribution in [-0.4, -0.2) is 42.7 Å². The summed E-state index contributed by atoms with van der Waals surface area (Å²) in [4.78, 5) is 41.9. The molecule has 0 aliphatic heterocycles. The van der Waals surface area contributed by atoms with Gasteiger partial charge in [0.05, 0.1) is 11.4 Å². The maximum Gasteiger partial charge on any atom is 0.358 e. The molecular formula is C21H17N5O5S. The number of primary amides is 1. The van der Waals surface area contributed by atoms with E-state index in [4.69, 9.17) is 10.2 Å². The number of carbonyl (C=O) groups is 3. The van der Waals surface area contributed by atoms with E-state index in [2.05, 4.69) is 15.2 Å². The molecule has 0 spiro atoms. The van der Waals surface area contributed by atoms with Crippen LogP contribution in [0.5, 0.6) is 0 Å². The number of benzene rings is 1. The van der Waals surface area contributed by atoms with Crippen LogP contribution in [0.4, 0.5) is 0 Å². The number of hydrogen-bond acceptors (Lipinski definition) is 8. The zero-order valence-corrected chi connectivity index (χ0v) is 17.8. The van der Waals surface area contributed by atoms with Gasteiger partial charge in [0.1, 0.15) is 0 Å². The van der Waals surface area contributed by atoms with Gasteiger partial charge in [0.2, 0.25) is 0 Å². The maximum absolute atomic E-state index is 12.0. The number of nitrogens with two attached hydrogens (primary N) is 1. The number of carboxylic acids is 1. The van der Waals surface area contributed by atoms with E-state index in [1.54, 1.807) is 30.3 Å². The van der Waals surface area contributed by atoms with Crippen molar-refractivity contribution >= 4 is 29.0 Å². The number of aromatic nitrogens is 4. The van der Waals surface area contributed by atoms with Gasteiger partial charge in [-0.1, -0.05) is 23.8 Å². The van der Waals surface area contributed by atoms with Crippen molar-refractivity contribution < 1.29 is 23.9 Å². The van der Waals surface area contributed by atoms with Gasteiger partial charge < -0.3 is 15.3 Å². The van der Waals surface area contributed by atoms with Crippen LogP contribution in [0.3, 0.4) is 0 Å². The summed E-state index contributed by atoms with van der Waals surface area (Å²) in [6, 6.07) is 10.5. The van der Waals surface area contributed by atoms with E-state index < -0.39 is 11.9 Å². The molecule has 11 heteroatoms. The molecule has 3 aromatic heterocycles. The van der Waals surface area contributed by atoms with E-state index >= 15 is 0 Å². The summed E-state index contributed by atoms with van der Waals surface area (Å²) in [6.45, 7) is 3.51. The van der Waals surface area contributed by atoms with Gasteiger partial charge in [0.25, 0.3) is 11.8 Å². The van der Waals surface area contributed by atoms with Crippen LogP contribution < -0.4 is 5.73 Å². The van der Waals surface area contributed by atoms with Crippen molar-refractivity contribution in [3.05, 3.63) is 63.1 Å². The molecule has 0 atom stereocenters. The second-order valence-electron chi connectivity index (χ2n) is 6.99. The van der Waals surface area contributed by atoms with Crippen molar-refractivity contribution in [1.82, 2.24) is 20.0 Å². The number of ketones is 1. The molecule has 4 rings (SSSR count). The Hall–Kier alpha value is -4.12. The van der Waals surface area contributed by atoms with Crippen LogP contribution in [0.2, 0.25) is 0 Å². The quantitative estimate of drug-likeness (QED) is 0.406. The minimum Gasteiger partial charge on any atom is -0.476 e. The van der Waals surface area contributed by atoms with Crippen molar-refractivity contribution in [2.75, 3.05) is 0 Å². The van der Waals surface area contributed by atoms with Gasteiger partial charge in [-0.15, -0.1) is 21.5 Å². The topological polar surface area (TPSA) is 154 Å². The van der Waals surface area contributed by atoms with Crippen molar-refractivity contribution in [2.24, 2.45) is 5.73 Å². The largest absolute Gasteiger partial charge is 0.476 e. The molecule has 1 amide bonds. The number of carboxylic acid groups (broad SMARTS) is 1. The molecule has 3 N–H and O–H groups in total. The molecule has 3 heterocycles. The smallest absolute Gasteiger partial charge is 0.358 e. The molecule has 0 saturated heterocycles. The molecule has 4 aromatic rings. The highest BCUT2D eigenvalue weighted by Gasteiger charge is 2.27. The van der Waals surface area contributed by atoms with Gasteiger partial charge in [-0.25, -0.2) is 4.79 Å². The van der Waals surface area contributed by atoms with Crippen molar-refractivity contribution in [2.45, 2.75) is 20.4 Å². The van der Waals surface area contributed by atoms with Crippen LogP contribution in [0, 0.1) is 6.92 Å². The number of aryl methyl sites for hydroxylation is 1. The fourth-order valence-electron chi connectivity index (χ4n) is 3.07. The first-order valence-electron chi connectivity index (χ1n) is 9.39. The molecule has 0 radical (unpaired) electrons. The van der Waals surface area contributed by atoms with Gasteiger partial charge in [-0.3, -0.25) is 9.59 Å². The molecule has 0 saturated carbocycles. The Kier molecular flexibility index (Phi) is 5.41. The molecular weight excluding hydrogens is 434 g/mol. The number of thiophene rings is 1. The van der Waals surface area contributed by atoms with Crippen molar-refractivity contribution in [1.29, 1.82) is 0 Å². The van der Waals surface area contributed by atoms with Gasteiger partial charge in [0, 0.05) is 10.4 Å². The third-order valence-corrected chi connectivity index (χ3v) is 5.68. The molecule has 1 aromatic carbocycles. The van der Waals surface area contributed by atoms with E-state index in [0.717, 1.165) is 10.4 Å². The lowest BCUT2D eigenvalue weighted by Crippen LogP contribution is -2.13. The SMILES string of the molecule is CC(=O)c1ccc(Cn2nc(C(N)=O)c(-c3nc(C(=O)O)c(-c4cccc(C)c4)o3)n2)s1. The summed E-state index contributed by atoms with van der Waals surface area (Å²) < 4.78 is 5.74. The number of oxazole rings is 1. The Labute approximate surface area is 185 Å². The number of Topliss-reactive ketones (excluding diaryl/α,β-unsaturated/α-hetero) is 1. The molecule has 10 nitrogen and oxygen atoms in total. The zero-order valence-electron chi connectivity index (χ0n) is 17.0. The summed E-state index contributed by atoms with van der Waals surface area (Å²) in [5.41, 5.74) is 6.28. The molecule has 162 valence electrons. The Balaban J connectivity index is 1.77. The second-order valence-corrected chi connectivity index (χ2v) is 8.15. The van der Waals surface area contributed by atoms with Gasteiger partial charge >= 0.3 is 5.97 Å². The van der Waals surface area contributed by atoms with Crippen molar-refractivity contribution in [3.8, 4) is 22.9 Å². The first-order valence-corrected chi connectivity index (χ1v) is 10.2. The monoisotopic (exact) mass is 451 g/mol. The fourth-order valence-corrected chi connectivity index (χ4v) is 3.95. The lowest BCUT2D eigenvalue weighted by molar-refractivity contribution is 0.0691. The summed E-state index contributed by atoms with van der Waals surface area (Å²) in [6.07, 6.45) is 0. The number of nitrogens with zero attached hydrogens (tertiary/aromatic N) is 4. The molecule has 0 aliphatic carbocycles. The zero-order chi connectivity index (χ0) is 23.0. The number of carbonyl (C=O) groups excluding carboxylic acids is 2. The molecule has 0 unspecified atom stereocenters. The predicted molar refractivity (Wildman–Crippen MR) is 115 cm³/mol. The van der Waals surface area contributed by atoms with Gasteiger partial charge in [-0.05, 0) is 32.0 Å². The Morgan fingerprint density at radius 1 is 1.16 bits per heavy atom. The highest BCUT2D eigenvalue weighted by atomic mass is 32.1. The van der Waals surface area contributed by atoms with E-state index in [0.29, 0.717) is 10.4 Å². The summed E-state index contributed by atoms with van der Waals surface area (Å²) in [7, 11) is 0. The Morgan fingerprint density at radius 3 is 2.56 bits per heavy atom. The molecule has 0 aliphatic rings. The van der Waals surface area contributed by atoms with Gasteiger partial charge in [0.15, 0.2) is 28.6 Å². The van der Waals surface area contributed by atoms with E-state index in [1.165, 1.54) is 23.1 Å². The summed E-state index contributed by atoms with van der Waals surface area (Å²) in [5, 5.41) is 18.0. The molecule has 0 fully saturated rings. The lowest BCUT2D eigenvalue weighted by Gasteiger charge is -1.99. The summed E-state index contributed by atoms with van der Waals surface area (Å²) >= 11 is 1.28. The third kappa shape index (κ3) is 4.05. The van der Waals surface area contributed by atoms with E-state index in [-0.39, 0.29) is 41.1 Å². The van der Waals surface area contributed by atoms with E-state index in [9.17, 15) is 19.5 Å². The standard InChI is InChI=1S/C21H17N5O5S/c1-10-4-3-5-12(8-10)18-17(21(29)30)23-20(31-18)16-15(19(22)28)24-26(25-16)9-13-6-7-14(32-13)11(2)27/h3-8H,9H2,1-2H3,(H2,22,28)(H,29,30). The number of hydrogen-bond donors (Lipinski definition) is 2. The average molecular weight is 451 g/mol.